The van der Waals surface area contributed by atoms with Crippen molar-refractivity contribution in [2.45, 2.75) is 31.4 Å². The Balaban J connectivity index is 1.57. The van der Waals surface area contributed by atoms with Gasteiger partial charge in [0.2, 0.25) is 5.91 Å². The number of carbonyl (C=O) groups is 5. The fourth-order valence-electron chi connectivity index (χ4n) is 6.59. The van der Waals surface area contributed by atoms with Gasteiger partial charge in [-0.25, -0.2) is 0 Å². The van der Waals surface area contributed by atoms with E-state index in [2.05, 4.69) is 4.90 Å². The molecule has 4 N–H and O–H groups in total. The number of morpholine rings is 1. The molecular formula is C26H31N3O8. The van der Waals surface area contributed by atoms with Crippen molar-refractivity contribution >= 4 is 34.7 Å². The largest absolute Gasteiger partial charge is 0.507 e. The quantitative estimate of drug-likeness (QED) is 0.435. The van der Waals surface area contributed by atoms with Crippen molar-refractivity contribution in [3.05, 3.63) is 22.8 Å². The number of nitrogens with zero attached hydrogens (tertiary/aromatic N) is 2. The number of carbonyl (C=O) groups excluding carboxylic acids is 5. The maximum absolute atomic E-state index is 13.9. The number of amides is 1. The highest BCUT2D eigenvalue weighted by Gasteiger charge is 2.66. The molecule has 3 aliphatic carbocycles. The molecule has 1 saturated heterocycles. The topological polar surface area (TPSA) is 168 Å². The number of phenolic OH excluding ortho intramolecular Hbond substituents is 1. The molecule has 0 aromatic heterocycles. The van der Waals surface area contributed by atoms with Gasteiger partial charge in [0.15, 0.2) is 34.7 Å². The van der Waals surface area contributed by atoms with E-state index >= 15 is 0 Å². The molecule has 1 aliphatic heterocycles. The number of rotatable bonds is 4. The number of aliphatic hydroxyl groups is 1. The Morgan fingerprint density at radius 1 is 1.16 bits per heavy atom. The summed E-state index contributed by atoms with van der Waals surface area (Å²) in [6.45, 7) is 2.84. The van der Waals surface area contributed by atoms with Crippen LogP contribution in [-0.2, 0) is 36.9 Å². The van der Waals surface area contributed by atoms with Gasteiger partial charge in [0.25, 0.3) is 0 Å². The van der Waals surface area contributed by atoms with Crippen LogP contribution >= 0.6 is 0 Å². The number of Topliss-reactive ketones (excluding diaryl/α,β-unsaturated/α-hetero) is 4. The third-order valence-electron chi connectivity index (χ3n) is 8.44. The van der Waals surface area contributed by atoms with E-state index in [0.717, 1.165) is 5.69 Å². The van der Waals surface area contributed by atoms with Gasteiger partial charge in [-0.05, 0) is 30.4 Å². The molecule has 3 fully saturated rings. The number of hydrogen-bond donors (Lipinski definition) is 3. The summed E-state index contributed by atoms with van der Waals surface area (Å²) in [6.07, 6.45) is -0.0229. The maximum atomic E-state index is 13.9. The summed E-state index contributed by atoms with van der Waals surface area (Å²) < 4.78 is 5.39. The Morgan fingerprint density at radius 3 is 2.46 bits per heavy atom. The average molecular weight is 514 g/mol. The molecular weight excluding hydrogens is 482 g/mol. The van der Waals surface area contributed by atoms with E-state index in [4.69, 9.17) is 10.5 Å². The lowest BCUT2D eigenvalue weighted by Crippen LogP contribution is -2.68. The van der Waals surface area contributed by atoms with Crippen molar-refractivity contribution in [2.24, 2.45) is 29.4 Å². The second-order valence-corrected chi connectivity index (χ2v) is 10.8. The van der Waals surface area contributed by atoms with E-state index < -0.39 is 58.3 Å². The smallest absolute Gasteiger partial charge is 0.235 e. The summed E-state index contributed by atoms with van der Waals surface area (Å²) in [5, 5.41) is 22.6. The van der Waals surface area contributed by atoms with Crippen molar-refractivity contribution in [1.82, 2.24) is 4.90 Å². The molecule has 0 radical (unpaired) electrons. The molecule has 11 heteroatoms. The number of primary amides is 1. The Morgan fingerprint density at radius 2 is 1.84 bits per heavy atom. The molecule has 2 saturated carbocycles. The van der Waals surface area contributed by atoms with Crippen molar-refractivity contribution in [3.8, 4) is 5.75 Å². The average Bonchev–Trinajstić information content (AvgIpc) is 2.83. The molecule has 4 aliphatic rings. The summed E-state index contributed by atoms with van der Waals surface area (Å²) in [5.41, 5.74) is 4.48. The highest BCUT2D eigenvalue weighted by atomic mass is 16.5. The first-order chi connectivity index (χ1) is 17.5. The number of ether oxygens (including phenoxy) is 1. The standard InChI is InChI=1S/C26H31N3O8/c1-28(2)16-9-13(11-29-3-5-37-6-4-29)21(31)19-15(16)8-12-7-14-10-17(30)20(25(27)35)24(34)26(14,36)23(33)18(12)22(19)32/h9,12,14,18,20,31,36H,3-8,10-11H2,1-2H3,(H2,27,35)/t12-,14+,18?,20?,26+/m1/s1. The van der Waals surface area contributed by atoms with Gasteiger partial charge < -0.3 is 25.6 Å². The Labute approximate surface area is 213 Å². The van der Waals surface area contributed by atoms with Crippen LogP contribution in [0, 0.1) is 23.7 Å². The maximum Gasteiger partial charge on any atom is 0.235 e. The first-order valence-corrected chi connectivity index (χ1v) is 12.5. The second kappa shape index (κ2) is 9.00. The Kier molecular flexibility index (Phi) is 6.20. The minimum Gasteiger partial charge on any atom is -0.507 e. The van der Waals surface area contributed by atoms with E-state index in [9.17, 15) is 34.2 Å². The second-order valence-electron chi connectivity index (χ2n) is 10.8. The number of aromatic hydroxyl groups is 1. The van der Waals surface area contributed by atoms with Crippen molar-refractivity contribution in [2.75, 3.05) is 45.3 Å². The number of anilines is 1. The third kappa shape index (κ3) is 3.79. The molecule has 5 rings (SSSR count). The molecule has 1 heterocycles. The van der Waals surface area contributed by atoms with E-state index in [1.807, 2.05) is 25.1 Å². The van der Waals surface area contributed by atoms with Gasteiger partial charge in [0.1, 0.15) is 5.75 Å². The van der Waals surface area contributed by atoms with Crippen LogP contribution in [0.15, 0.2) is 6.07 Å². The van der Waals surface area contributed by atoms with Gasteiger partial charge in [0.05, 0.1) is 24.7 Å². The highest BCUT2D eigenvalue weighted by molar-refractivity contribution is 6.31. The molecule has 1 aromatic rings. The van der Waals surface area contributed by atoms with Gasteiger partial charge in [-0.15, -0.1) is 0 Å². The predicted octanol–water partition coefficient (Wildman–Crippen LogP) is -0.775. The molecule has 1 aromatic carbocycles. The fourth-order valence-corrected chi connectivity index (χ4v) is 6.59. The summed E-state index contributed by atoms with van der Waals surface area (Å²) in [7, 11) is 3.66. The van der Waals surface area contributed by atoms with Crippen molar-refractivity contribution < 1.29 is 38.9 Å². The molecule has 198 valence electrons. The fraction of sp³-hybridized carbons (Fsp3) is 0.577. The predicted molar refractivity (Wildman–Crippen MR) is 129 cm³/mol. The van der Waals surface area contributed by atoms with Gasteiger partial charge >= 0.3 is 0 Å². The molecule has 1 amide bonds. The van der Waals surface area contributed by atoms with Crippen LogP contribution in [0.25, 0.3) is 0 Å². The molecule has 0 bridgehead atoms. The summed E-state index contributed by atoms with van der Waals surface area (Å²) in [6, 6.07) is 1.85. The lowest BCUT2D eigenvalue weighted by atomic mass is 9.53. The molecule has 0 spiro atoms. The zero-order valence-corrected chi connectivity index (χ0v) is 20.9. The van der Waals surface area contributed by atoms with E-state index in [-0.39, 0.29) is 30.6 Å². The van der Waals surface area contributed by atoms with Crippen LogP contribution in [0.5, 0.6) is 5.75 Å². The Hall–Kier alpha value is -3.15. The molecule has 37 heavy (non-hydrogen) atoms. The number of hydrogen-bond acceptors (Lipinski definition) is 10. The lowest BCUT2D eigenvalue weighted by Gasteiger charge is -2.48. The zero-order valence-electron chi connectivity index (χ0n) is 20.9. The number of ketones is 4. The van der Waals surface area contributed by atoms with Gasteiger partial charge in [-0.3, -0.25) is 28.9 Å². The highest BCUT2D eigenvalue weighted by Crippen LogP contribution is 2.51. The first kappa shape index (κ1) is 25.5. The number of benzene rings is 1. The SMILES string of the molecule is CN(C)c1cc(CN2CCOCC2)c(O)c2c1C[C@H]1C[C@H]3CC(=O)C(C(N)=O)C(=O)[C@@]3(O)C(=O)C1C2=O. The van der Waals surface area contributed by atoms with Crippen LogP contribution < -0.4 is 10.6 Å². The van der Waals surface area contributed by atoms with Crippen molar-refractivity contribution in [3.63, 3.8) is 0 Å². The lowest BCUT2D eigenvalue weighted by molar-refractivity contribution is -0.175. The molecule has 2 unspecified atom stereocenters. The number of fused-ring (bicyclic) bond motifs is 3. The number of nitrogens with two attached hydrogens (primary N) is 1. The summed E-state index contributed by atoms with van der Waals surface area (Å²) >= 11 is 0. The van der Waals surface area contributed by atoms with E-state index in [1.54, 1.807) is 0 Å². The molecule has 5 atom stereocenters. The van der Waals surface area contributed by atoms with Gasteiger partial charge in [0, 0.05) is 57.3 Å². The van der Waals surface area contributed by atoms with Gasteiger partial charge in [-0.1, -0.05) is 0 Å². The normalized spacial score (nSPS) is 32.0. The van der Waals surface area contributed by atoms with E-state index in [1.165, 1.54) is 0 Å². The Bertz CT molecular complexity index is 1220. The minimum absolute atomic E-state index is 0.0249. The van der Waals surface area contributed by atoms with Crippen LogP contribution in [-0.4, -0.2) is 90.2 Å². The summed E-state index contributed by atoms with van der Waals surface area (Å²) in [4.78, 5) is 68.9. The first-order valence-electron chi connectivity index (χ1n) is 12.5. The van der Waals surface area contributed by atoms with Crippen LogP contribution in [0.2, 0.25) is 0 Å². The zero-order chi connectivity index (χ0) is 26.8. The number of phenols is 1. The minimum atomic E-state index is -2.65. The molecule has 11 nitrogen and oxygen atoms in total. The van der Waals surface area contributed by atoms with Crippen LogP contribution in [0.4, 0.5) is 5.69 Å². The van der Waals surface area contributed by atoms with Crippen LogP contribution in [0.1, 0.15) is 34.3 Å². The summed E-state index contributed by atoms with van der Waals surface area (Å²) in [5.74, 6) is -9.97. The van der Waals surface area contributed by atoms with E-state index in [0.29, 0.717) is 44.0 Å². The van der Waals surface area contributed by atoms with Crippen molar-refractivity contribution in [1.29, 1.82) is 0 Å². The van der Waals surface area contributed by atoms with Crippen LogP contribution in [0.3, 0.4) is 0 Å². The monoisotopic (exact) mass is 513 g/mol. The van der Waals surface area contributed by atoms with Gasteiger partial charge in [-0.2, -0.15) is 0 Å². The third-order valence-corrected chi connectivity index (χ3v) is 8.44.